The molecule has 0 aliphatic rings. The highest BCUT2D eigenvalue weighted by molar-refractivity contribution is 5.77. The van der Waals surface area contributed by atoms with E-state index in [4.69, 9.17) is 20.4 Å². The summed E-state index contributed by atoms with van der Waals surface area (Å²) in [6.07, 6.45) is -1.01. The Kier molecular flexibility index (Phi) is 19.3. The van der Waals surface area contributed by atoms with Crippen molar-refractivity contribution in [1.82, 2.24) is 0 Å². The Morgan fingerprint density at radius 3 is 0.808 bits per heavy atom. The summed E-state index contributed by atoms with van der Waals surface area (Å²) >= 11 is 0. The molecule has 4 N–H and O–H groups in total. The predicted octanol–water partition coefficient (Wildman–Crippen LogP) is -0.0158. The highest BCUT2D eigenvalue weighted by Crippen LogP contribution is 1.92. The molecule has 0 bridgehead atoms. The molecule has 0 aromatic carbocycles. The smallest absolute Gasteiger partial charge is 0.306 e. The fraction of sp³-hybridized carbons (Fsp3) is 0.571. The molecule has 0 heterocycles. The predicted molar refractivity (Wildman–Crippen MR) is 82.3 cm³/mol. The number of ether oxygens (including phenoxy) is 2. The number of methoxy groups -OCH3 is 2. The van der Waals surface area contributed by atoms with Gasteiger partial charge in [0, 0.05) is 0 Å². The van der Waals surface area contributed by atoms with Crippen molar-refractivity contribution in [2.75, 3.05) is 14.2 Å². The van der Waals surface area contributed by atoms with Crippen molar-refractivity contribution >= 4 is 35.8 Å². The molecular weight excluding hydrogens is 360 g/mol. The highest BCUT2D eigenvalue weighted by Gasteiger charge is 2.05. The summed E-state index contributed by atoms with van der Waals surface area (Å²) in [6, 6.07) is 0. The SMILES string of the molecule is COC(=O)CCC(=O)OC.O=C(O)CCC(=O)O.O=C(O)CCC(=O)O. The van der Waals surface area contributed by atoms with E-state index in [0.29, 0.717) is 0 Å². The number of hydrogen-bond acceptors (Lipinski definition) is 8. The molecule has 0 aromatic rings. The van der Waals surface area contributed by atoms with Gasteiger partial charge in [-0.25, -0.2) is 0 Å². The number of aliphatic carboxylic acids is 4. The molecule has 0 spiro atoms. The monoisotopic (exact) mass is 382 g/mol. The molecule has 0 rings (SSSR count). The average molecular weight is 382 g/mol. The molecule has 0 aliphatic carbocycles. The second-order valence-electron chi connectivity index (χ2n) is 4.23. The van der Waals surface area contributed by atoms with Crippen LogP contribution >= 0.6 is 0 Å². The molecule has 0 saturated carbocycles. The first-order chi connectivity index (χ1) is 12.0. The van der Waals surface area contributed by atoms with Gasteiger partial charge in [0.1, 0.15) is 0 Å². The van der Waals surface area contributed by atoms with Gasteiger partial charge in [-0.15, -0.1) is 0 Å². The third kappa shape index (κ3) is 32.7. The van der Waals surface area contributed by atoms with Crippen molar-refractivity contribution in [1.29, 1.82) is 0 Å². The van der Waals surface area contributed by atoms with Gasteiger partial charge in [0.2, 0.25) is 0 Å². The molecule has 0 atom stereocenters. The van der Waals surface area contributed by atoms with Crippen LogP contribution in [0.25, 0.3) is 0 Å². The van der Waals surface area contributed by atoms with Crippen LogP contribution in [-0.4, -0.2) is 70.5 Å². The van der Waals surface area contributed by atoms with Crippen LogP contribution in [0, 0.1) is 0 Å². The van der Waals surface area contributed by atoms with E-state index < -0.39 is 35.8 Å². The molecule has 0 amide bonds. The number of hydrogen-bond donors (Lipinski definition) is 4. The van der Waals surface area contributed by atoms with E-state index >= 15 is 0 Å². The highest BCUT2D eigenvalue weighted by atomic mass is 16.5. The fourth-order valence-corrected chi connectivity index (χ4v) is 0.836. The van der Waals surface area contributed by atoms with Crippen LogP contribution in [0.3, 0.4) is 0 Å². The molecule has 0 aromatic heterocycles. The van der Waals surface area contributed by atoms with Crippen LogP contribution in [0.2, 0.25) is 0 Å². The summed E-state index contributed by atoms with van der Waals surface area (Å²) in [6.45, 7) is 0. The van der Waals surface area contributed by atoms with Gasteiger partial charge in [0.15, 0.2) is 0 Å². The largest absolute Gasteiger partial charge is 0.481 e. The molecule has 12 nitrogen and oxygen atoms in total. The number of carboxylic acid groups (broad SMARTS) is 4. The maximum atomic E-state index is 10.4. The third-order valence-corrected chi connectivity index (χ3v) is 2.09. The van der Waals surface area contributed by atoms with Gasteiger partial charge in [0.25, 0.3) is 0 Å². The Labute approximate surface area is 148 Å². The van der Waals surface area contributed by atoms with Gasteiger partial charge in [-0.3, -0.25) is 28.8 Å². The Hall–Kier alpha value is -3.18. The number of rotatable bonds is 9. The number of carbonyl (C=O) groups excluding carboxylic acids is 2. The lowest BCUT2D eigenvalue weighted by Crippen LogP contribution is -2.06. The Balaban J connectivity index is -0.000000308. The van der Waals surface area contributed by atoms with E-state index in [1.807, 2.05) is 0 Å². The first kappa shape index (κ1) is 27.7. The first-order valence-corrected chi connectivity index (χ1v) is 6.97. The molecule has 12 heteroatoms. The Morgan fingerprint density at radius 2 is 0.692 bits per heavy atom. The van der Waals surface area contributed by atoms with Gasteiger partial charge in [-0.1, -0.05) is 0 Å². The second-order valence-corrected chi connectivity index (χ2v) is 4.23. The maximum Gasteiger partial charge on any atom is 0.306 e. The van der Waals surface area contributed by atoms with Crippen molar-refractivity contribution in [2.45, 2.75) is 38.5 Å². The van der Waals surface area contributed by atoms with Crippen LogP contribution in [0.4, 0.5) is 0 Å². The van der Waals surface area contributed by atoms with E-state index in [1.54, 1.807) is 0 Å². The molecular formula is C14H22O12. The Bertz CT molecular complexity index is 410. The average Bonchev–Trinajstić information content (AvgIpc) is 2.56. The van der Waals surface area contributed by atoms with E-state index in [2.05, 4.69) is 9.47 Å². The summed E-state index contributed by atoms with van der Waals surface area (Å²) in [5, 5.41) is 31.6. The Morgan fingerprint density at radius 1 is 0.500 bits per heavy atom. The van der Waals surface area contributed by atoms with Gasteiger partial charge in [-0.05, 0) is 0 Å². The topological polar surface area (TPSA) is 202 Å². The number of carboxylic acids is 4. The summed E-state index contributed by atoms with van der Waals surface area (Å²) < 4.78 is 8.60. The van der Waals surface area contributed by atoms with Gasteiger partial charge in [-0.2, -0.15) is 0 Å². The second kappa shape index (κ2) is 18.2. The maximum absolute atomic E-state index is 10.4. The lowest BCUT2D eigenvalue weighted by atomic mass is 10.3. The van der Waals surface area contributed by atoms with Crippen molar-refractivity contribution in [3.8, 4) is 0 Å². The molecule has 26 heavy (non-hydrogen) atoms. The molecule has 0 saturated heterocycles. The zero-order chi connectivity index (χ0) is 21.1. The van der Waals surface area contributed by atoms with Gasteiger partial charge >= 0.3 is 35.8 Å². The zero-order valence-electron chi connectivity index (χ0n) is 14.3. The summed E-state index contributed by atoms with van der Waals surface area (Å²) in [7, 11) is 2.55. The fourth-order valence-electron chi connectivity index (χ4n) is 0.836. The lowest BCUT2D eigenvalue weighted by molar-refractivity contribution is -0.147. The van der Waals surface area contributed by atoms with Crippen LogP contribution in [0.15, 0.2) is 0 Å². The van der Waals surface area contributed by atoms with Crippen LogP contribution in [0.1, 0.15) is 38.5 Å². The lowest BCUT2D eigenvalue weighted by Gasteiger charge is -1.96. The quantitative estimate of drug-likeness (QED) is 0.389. The van der Waals surface area contributed by atoms with E-state index in [1.165, 1.54) is 14.2 Å². The molecule has 0 unspecified atom stereocenters. The summed E-state index contributed by atoms with van der Waals surface area (Å²) in [5.74, 6) is -5.10. The van der Waals surface area contributed by atoms with Crippen LogP contribution in [-0.2, 0) is 38.2 Å². The van der Waals surface area contributed by atoms with Crippen molar-refractivity contribution in [3.63, 3.8) is 0 Å². The van der Waals surface area contributed by atoms with Gasteiger partial charge < -0.3 is 29.9 Å². The standard InChI is InChI=1S/C6H10O4.2C4H6O4/c1-9-5(7)3-4-6(8)10-2;2*5-3(6)1-2-4(7)8/h3-4H2,1-2H3;2*1-2H2,(H,5,6)(H,7,8). The molecule has 150 valence electrons. The normalized spacial score (nSPS) is 8.54. The van der Waals surface area contributed by atoms with Gasteiger partial charge in [0.05, 0.1) is 52.7 Å². The van der Waals surface area contributed by atoms with E-state index in [0.717, 1.165) is 0 Å². The molecule has 0 fully saturated rings. The minimum Gasteiger partial charge on any atom is -0.481 e. The van der Waals surface area contributed by atoms with E-state index in [-0.39, 0.29) is 38.5 Å². The zero-order valence-corrected chi connectivity index (χ0v) is 14.3. The summed E-state index contributed by atoms with van der Waals surface area (Å²) in [5.41, 5.74) is 0. The first-order valence-electron chi connectivity index (χ1n) is 6.97. The minimum atomic E-state index is -1.08. The number of carbonyl (C=O) groups is 6. The van der Waals surface area contributed by atoms with Crippen molar-refractivity contribution < 1.29 is 58.7 Å². The summed E-state index contributed by atoms with van der Waals surface area (Å²) in [4.78, 5) is 59.4. The molecule has 0 radical (unpaired) electrons. The van der Waals surface area contributed by atoms with E-state index in [9.17, 15) is 28.8 Å². The molecule has 0 aliphatic heterocycles. The number of esters is 2. The van der Waals surface area contributed by atoms with Crippen molar-refractivity contribution in [2.24, 2.45) is 0 Å². The van der Waals surface area contributed by atoms with Crippen LogP contribution < -0.4 is 0 Å². The minimum absolute atomic E-state index is 0.0865. The third-order valence-electron chi connectivity index (χ3n) is 2.09. The van der Waals surface area contributed by atoms with Crippen LogP contribution in [0.5, 0.6) is 0 Å². The van der Waals surface area contributed by atoms with Crippen molar-refractivity contribution in [3.05, 3.63) is 0 Å².